The van der Waals surface area contributed by atoms with E-state index in [2.05, 4.69) is 21.5 Å². The lowest BCUT2D eigenvalue weighted by Crippen LogP contribution is -2.33. The molecule has 0 aliphatic heterocycles. The lowest BCUT2D eigenvalue weighted by Gasteiger charge is -2.19. The third-order valence-corrected chi connectivity index (χ3v) is 4.73. The Kier molecular flexibility index (Phi) is 4.56. The lowest BCUT2D eigenvalue weighted by atomic mass is 9.91. The lowest BCUT2D eigenvalue weighted by molar-refractivity contribution is -0.135. The first-order valence-corrected chi connectivity index (χ1v) is 8.92. The number of hydrogen-bond donors (Lipinski definition) is 3. The summed E-state index contributed by atoms with van der Waals surface area (Å²) < 4.78 is 7.42. The Morgan fingerprint density at radius 2 is 2.11 bits per heavy atom. The molecule has 0 radical (unpaired) electrons. The molecule has 1 aliphatic carbocycles. The highest BCUT2D eigenvalue weighted by Crippen LogP contribution is 2.32. The van der Waals surface area contributed by atoms with Crippen LogP contribution in [0.3, 0.4) is 0 Å². The SMILES string of the molecule is O=C(O)CNC(=O)c1c(=O)cc(Oc2cccc3c2CCCC3)n2[nH]cnc12. The molecule has 144 valence electrons. The molecule has 0 spiro atoms. The zero-order chi connectivity index (χ0) is 19.7. The maximum Gasteiger partial charge on any atom is 0.322 e. The minimum Gasteiger partial charge on any atom is -0.480 e. The molecule has 1 aromatic carbocycles. The van der Waals surface area contributed by atoms with Gasteiger partial charge in [-0.25, -0.2) is 9.50 Å². The fourth-order valence-electron chi connectivity index (χ4n) is 3.46. The number of ether oxygens (including phenoxy) is 1. The number of carboxylic acids is 1. The summed E-state index contributed by atoms with van der Waals surface area (Å²) >= 11 is 0. The number of carbonyl (C=O) groups is 2. The van der Waals surface area contributed by atoms with E-state index in [1.807, 2.05) is 12.1 Å². The molecule has 3 aromatic rings. The molecule has 4 rings (SSSR count). The third kappa shape index (κ3) is 3.22. The molecule has 28 heavy (non-hydrogen) atoms. The van der Waals surface area contributed by atoms with Gasteiger partial charge < -0.3 is 15.2 Å². The van der Waals surface area contributed by atoms with Gasteiger partial charge in [-0.15, -0.1) is 0 Å². The largest absolute Gasteiger partial charge is 0.480 e. The molecule has 9 heteroatoms. The first-order valence-electron chi connectivity index (χ1n) is 8.92. The van der Waals surface area contributed by atoms with Crippen LogP contribution in [0.1, 0.15) is 34.3 Å². The number of H-pyrrole nitrogens is 1. The van der Waals surface area contributed by atoms with Gasteiger partial charge in [0.2, 0.25) is 11.3 Å². The molecule has 0 unspecified atom stereocenters. The van der Waals surface area contributed by atoms with Crippen molar-refractivity contribution in [1.82, 2.24) is 19.9 Å². The summed E-state index contributed by atoms with van der Waals surface area (Å²) in [7, 11) is 0. The van der Waals surface area contributed by atoms with Crippen LogP contribution in [0.4, 0.5) is 0 Å². The van der Waals surface area contributed by atoms with E-state index in [-0.39, 0.29) is 17.1 Å². The molecule has 3 N–H and O–H groups in total. The molecule has 9 nitrogen and oxygen atoms in total. The van der Waals surface area contributed by atoms with Crippen molar-refractivity contribution in [2.75, 3.05) is 6.54 Å². The van der Waals surface area contributed by atoms with Gasteiger partial charge in [0.05, 0.1) is 0 Å². The second-order valence-corrected chi connectivity index (χ2v) is 6.55. The second-order valence-electron chi connectivity index (χ2n) is 6.55. The van der Waals surface area contributed by atoms with Gasteiger partial charge in [0.1, 0.15) is 24.2 Å². The van der Waals surface area contributed by atoms with Crippen molar-refractivity contribution in [2.45, 2.75) is 25.7 Å². The van der Waals surface area contributed by atoms with Crippen LogP contribution in [-0.4, -0.2) is 38.1 Å². The molecule has 0 bridgehead atoms. The van der Waals surface area contributed by atoms with Gasteiger partial charge in [0, 0.05) is 6.07 Å². The molecular weight excluding hydrogens is 364 g/mol. The van der Waals surface area contributed by atoms with Gasteiger partial charge >= 0.3 is 5.97 Å². The van der Waals surface area contributed by atoms with E-state index in [1.165, 1.54) is 22.5 Å². The van der Waals surface area contributed by atoms with Crippen LogP contribution in [0.25, 0.3) is 5.65 Å². The zero-order valence-corrected chi connectivity index (χ0v) is 14.9. The molecule has 0 saturated heterocycles. The van der Waals surface area contributed by atoms with Crippen LogP contribution in [0.2, 0.25) is 0 Å². The van der Waals surface area contributed by atoms with Crippen molar-refractivity contribution in [3.05, 3.63) is 57.5 Å². The maximum atomic E-state index is 12.6. The van der Waals surface area contributed by atoms with E-state index in [4.69, 9.17) is 9.84 Å². The van der Waals surface area contributed by atoms with Crippen LogP contribution in [0.5, 0.6) is 11.6 Å². The van der Waals surface area contributed by atoms with E-state index in [0.717, 1.165) is 31.2 Å². The monoisotopic (exact) mass is 382 g/mol. The number of aliphatic carboxylic acids is 1. The minimum absolute atomic E-state index is 0.0650. The van der Waals surface area contributed by atoms with Crippen LogP contribution in [0.15, 0.2) is 35.4 Å². The Labute approximate surface area is 159 Å². The molecule has 0 fully saturated rings. The van der Waals surface area contributed by atoms with E-state index in [1.54, 1.807) is 0 Å². The molecule has 1 amide bonds. The molecule has 2 aromatic heterocycles. The number of carbonyl (C=O) groups excluding carboxylic acids is 1. The van der Waals surface area contributed by atoms with Crippen molar-refractivity contribution in [3.63, 3.8) is 0 Å². The summed E-state index contributed by atoms with van der Waals surface area (Å²) in [5, 5.41) is 13.7. The smallest absolute Gasteiger partial charge is 0.322 e. The van der Waals surface area contributed by atoms with E-state index in [0.29, 0.717) is 5.75 Å². The predicted molar refractivity (Wildman–Crippen MR) is 98.9 cm³/mol. The van der Waals surface area contributed by atoms with Crippen molar-refractivity contribution in [2.24, 2.45) is 0 Å². The highest BCUT2D eigenvalue weighted by atomic mass is 16.5. The number of carboxylic acid groups (broad SMARTS) is 1. The molecule has 0 saturated carbocycles. The van der Waals surface area contributed by atoms with E-state index >= 15 is 0 Å². The summed E-state index contributed by atoms with van der Waals surface area (Å²) in [6, 6.07) is 7.04. The van der Waals surface area contributed by atoms with Crippen molar-refractivity contribution >= 4 is 17.5 Å². The summed E-state index contributed by atoms with van der Waals surface area (Å²) in [4.78, 5) is 39.5. The number of nitrogens with one attached hydrogen (secondary N) is 2. The van der Waals surface area contributed by atoms with Crippen LogP contribution >= 0.6 is 0 Å². The Bertz CT molecular complexity index is 1130. The van der Waals surface area contributed by atoms with Crippen LogP contribution in [0, 0.1) is 0 Å². The third-order valence-electron chi connectivity index (χ3n) is 4.73. The number of pyridine rings is 1. The molecule has 1 aliphatic rings. The predicted octanol–water partition coefficient (Wildman–Crippen LogP) is 1.51. The first kappa shape index (κ1) is 17.8. The average molecular weight is 382 g/mol. The standard InChI is InChI=1S/C19H18N4O5/c24-13-8-15(28-14-7-3-5-11-4-1-2-6-12(11)14)23-18(21-10-22-23)17(13)19(27)20-9-16(25)26/h3,5,7-8,10H,1-2,4,6,9H2,(H,20,27)(H,21,22)(H,25,26). The number of nitrogens with zero attached hydrogens (tertiary/aromatic N) is 2. The van der Waals surface area contributed by atoms with Gasteiger partial charge in [-0.3, -0.25) is 19.5 Å². The Balaban J connectivity index is 1.74. The number of hydrogen-bond acceptors (Lipinski definition) is 5. The number of rotatable bonds is 5. The highest BCUT2D eigenvalue weighted by molar-refractivity contribution is 6.00. The molecular formula is C19H18N4O5. The van der Waals surface area contributed by atoms with Crippen LogP contribution < -0.4 is 15.5 Å². The Hall–Kier alpha value is -3.62. The fraction of sp³-hybridized carbons (Fsp3) is 0.263. The minimum atomic E-state index is -1.21. The molecule has 0 atom stereocenters. The normalized spacial score (nSPS) is 13.1. The summed E-state index contributed by atoms with van der Waals surface area (Å²) in [6.07, 6.45) is 5.45. The number of aromatic amines is 1. The van der Waals surface area contributed by atoms with Crippen LogP contribution in [-0.2, 0) is 17.6 Å². The quantitative estimate of drug-likeness (QED) is 0.614. The fourth-order valence-corrected chi connectivity index (χ4v) is 3.46. The number of aromatic nitrogens is 3. The van der Waals surface area contributed by atoms with Gasteiger partial charge in [-0.05, 0) is 42.9 Å². The molecule has 2 heterocycles. The van der Waals surface area contributed by atoms with E-state index < -0.39 is 23.9 Å². The second kappa shape index (κ2) is 7.18. The summed E-state index contributed by atoms with van der Waals surface area (Å²) in [6.45, 7) is -0.594. The number of aryl methyl sites for hydroxylation is 1. The Morgan fingerprint density at radius 1 is 1.29 bits per heavy atom. The van der Waals surface area contributed by atoms with Gasteiger partial charge in [0.15, 0.2) is 5.65 Å². The van der Waals surface area contributed by atoms with Crippen molar-refractivity contribution in [3.8, 4) is 11.6 Å². The number of fused-ring (bicyclic) bond motifs is 2. The van der Waals surface area contributed by atoms with Gasteiger partial charge in [0.25, 0.3) is 5.91 Å². The Morgan fingerprint density at radius 3 is 2.93 bits per heavy atom. The topological polar surface area (TPSA) is 126 Å². The first-order chi connectivity index (χ1) is 13.5. The van der Waals surface area contributed by atoms with Gasteiger partial charge in [-0.1, -0.05) is 12.1 Å². The maximum absolute atomic E-state index is 12.6. The highest BCUT2D eigenvalue weighted by Gasteiger charge is 2.21. The summed E-state index contributed by atoms with van der Waals surface area (Å²) in [5.41, 5.74) is 1.58. The zero-order valence-electron chi connectivity index (χ0n) is 14.9. The average Bonchev–Trinajstić information content (AvgIpc) is 3.16. The van der Waals surface area contributed by atoms with Crippen molar-refractivity contribution in [1.29, 1.82) is 0 Å². The number of amides is 1. The van der Waals surface area contributed by atoms with Crippen molar-refractivity contribution < 1.29 is 19.4 Å². The summed E-state index contributed by atoms with van der Waals surface area (Å²) in [5.74, 6) is -1.14. The van der Waals surface area contributed by atoms with Gasteiger partial charge in [-0.2, -0.15) is 0 Å². The number of benzene rings is 1. The van der Waals surface area contributed by atoms with E-state index in [9.17, 15) is 14.4 Å².